The smallest absolute Gasteiger partial charge is 0.264 e. The molecule has 6 heteroatoms. The molecule has 0 bridgehead atoms. The van der Waals surface area contributed by atoms with Crippen LogP contribution in [0.3, 0.4) is 0 Å². The van der Waals surface area contributed by atoms with Gasteiger partial charge in [0.2, 0.25) is 5.95 Å². The molecule has 0 unspecified atom stereocenters. The molecule has 0 aliphatic carbocycles. The average molecular weight is 198 g/mol. The molecule has 2 aromatic rings. The van der Waals surface area contributed by atoms with Crippen molar-refractivity contribution in [2.24, 2.45) is 0 Å². The van der Waals surface area contributed by atoms with E-state index in [4.69, 9.17) is 5.73 Å². The fraction of sp³-hybridized carbons (Fsp3) is 0.250. The van der Waals surface area contributed by atoms with Gasteiger partial charge in [-0.1, -0.05) is 13.8 Å². The molecule has 4 N–H and O–H groups in total. The number of nitrogen functional groups attached to an aromatic ring is 1. The molecule has 0 saturated heterocycles. The van der Waals surface area contributed by atoms with E-state index >= 15 is 0 Å². The molecule has 0 amide bonds. The van der Waals surface area contributed by atoms with E-state index in [0.717, 1.165) is 6.20 Å². The van der Waals surface area contributed by atoms with Crippen molar-refractivity contribution in [2.75, 3.05) is 5.73 Å². The molecule has 76 valence electrons. The van der Waals surface area contributed by atoms with Gasteiger partial charge in [-0.15, -0.1) is 0 Å². The van der Waals surface area contributed by atoms with Gasteiger partial charge < -0.3 is 10.7 Å². The average Bonchev–Trinajstić information content (AvgIpc) is 2.51. The number of rotatable bonds is 0. The summed E-state index contributed by atoms with van der Waals surface area (Å²) in [7, 11) is 0. The maximum atomic E-state index is 12.8. The number of nitrogens with two attached hydrogens (primary N) is 1. The third-order valence-corrected chi connectivity index (χ3v) is 1.51. The Morgan fingerprint density at radius 2 is 2.14 bits per heavy atom. The Labute approximate surface area is 79.2 Å². The van der Waals surface area contributed by atoms with Gasteiger partial charge in [0.15, 0.2) is 5.82 Å². The zero-order valence-electron chi connectivity index (χ0n) is 7.89. The minimum absolute atomic E-state index is 0.0330. The summed E-state index contributed by atoms with van der Waals surface area (Å²) in [5, 5.41) is -0.0933. The third kappa shape index (κ3) is 1.59. The van der Waals surface area contributed by atoms with Crippen LogP contribution >= 0.6 is 0 Å². The molecule has 0 spiro atoms. The van der Waals surface area contributed by atoms with Crippen LogP contribution in [0.1, 0.15) is 13.8 Å². The van der Waals surface area contributed by atoms with E-state index in [9.17, 15) is 9.18 Å². The first-order chi connectivity index (χ1) is 6.68. The molecule has 0 aromatic carbocycles. The largest absolute Gasteiger partial charge is 0.369 e. The molecule has 2 rings (SSSR count). The summed E-state index contributed by atoms with van der Waals surface area (Å²) >= 11 is 0. The Morgan fingerprint density at radius 3 is 2.79 bits per heavy atom. The lowest BCUT2D eigenvalue weighted by molar-refractivity contribution is 0.638. The lowest BCUT2D eigenvalue weighted by atomic mass is 10.4. The van der Waals surface area contributed by atoms with E-state index < -0.39 is 11.4 Å². The number of nitrogens with one attached hydrogen (secondary N) is 2. The van der Waals surface area contributed by atoms with Crippen molar-refractivity contribution in [1.82, 2.24) is 15.0 Å². The van der Waals surface area contributed by atoms with Gasteiger partial charge in [0.25, 0.3) is 5.56 Å². The van der Waals surface area contributed by atoms with Gasteiger partial charge in [0.1, 0.15) is 11.0 Å². The van der Waals surface area contributed by atoms with Gasteiger partial charge in [0.05, 0.1) is 0 Å². The van der Waals surface area contributed by atoms with Crippen molar-refractivity contribution in [3.05, 3.63) is 22.4 Å². The second kappa shape index (κ2) is 3.91. The first-order valence-electron chi connectivity index (χ1n) is 4.21. The molecular weight excluding hydrogens is 187 g/mol. The zero-order chi connectivity index (χ0) is 10.7. The van der Waals surface area contributed by atoms with Crippen LogP contribution in [0.15, 0.2) is 11.0 Å². The standard InChI is InChI=1S/C6H5FN4O.C2H6/c7-2-1-9-4-3(2)5(12)11-6(8)10-4;1-2/h1H,(H4,8,9,10,11,12);1-2H3. The molecule has 0 fully saturated rings. The minimum Gasteiger partial charge on any atom is -0.369 e. The third-order valence-electron chi connectivity index (χ3n) is 1.51. The number of anilines is 1. The summed E-state index contributed by atoms with van der Waals surface area (Å²) in [6.07, 6.45) is 1.06. The van der Waals surface area contributed by atoms with Crippen LogP contribution in [0.5, 0.6) is 0 Å². The highest BCUT2D eigenvalue weighted by atomic mass is 19.1. The molecule has 0 radical (unpaired) electrons. The van der Waals surface area contributed by atoms with Crippen molar-refractivity contribution in [3.63, 3.8) is 0 Å². The van der Waals surface area contributed by atoms with Gasteiger partial charge in [-0.05, 0) is 0 Å². The van der Waals surface area contributed by atoms with E-state index in [1.165, 1.54) is 0 Å². The predicted octanol–water partition coefficient (Wildman–Crippen LogP) is 0.999. The summed E-state index contributed by atoms with van der Waals surface area (Å²) in [6, 6.07) is 0. The molecule has 0 saturated carbocycles. The van der Waals surface area contributed by atoms with Crippen LogP contribution in [0.4, 0.5) is 10.3 Å². The summed E-state index contributed by atoms with van der Waals surface area (Å²) in [4.78, 5) is 19.4. The number of aromatic amines is 2. The summed E-state index contributed by atoms with van der Waals surface area (Å²) in [5.74, 6) is -0.659. The van der Waals surface area contributed by atoms with Gasteiger partial charge in [-0.3, -0.25) is 9.78 Å². The van der Waals surface area contributed by atoms with Gasteiger partial charge in [-0.25, -0.2) is 4.39 Å². The maximum Gasteiger partial charge on any atom is 0.264 e. The van der Waals surface area contributed by atoms with E-state index in [0.29, 0.717) is 0 Å². The van der Waals surface area contributed by atoms with E-state index in [1.54, 1.807) is 0 Å². The highest BCUT2D eigenvalue weighted by Crippen LogP contribution is 2.09. The Hall–Kier alpha value is -1.85. The highest BCUT2D eigenvalue weighted by Gasteiger charge is 2.08. The highest BCUT2D eigenvalue weighted by molar-refractivity contribution is 5.75. The SMILES string of the molecule is CC.Nc1nc2[nH]cc(F)c2c(=O)[nH]1. The topological polar surface area (TPSA) is 87.6 Å². The quantitative estimate of drug-likeness (QED) is 0.590. The monoisotopic (exact) mass is 198 g/mol. The van der Waals surface area contributed by atoms with Crippen LogP contribution < -0.4 is 11.3 Å². The summed E-state index contributed by atoms with van der Waals surface area (Å²) in [5.41, 5.74) is 4.81. The first-order valence-corrected chi connectivity index (χ1v) is 4.21. The molecule has 14 heavy (non-hydrogen) atoms. The molecular formula is C8H11FN4O. The molecule has 0 aliphatic rings. The number of hydrogen-bond acceptors (Lipinski definition) is 3. The second-order valence-corrected chi connectivity index (χ2v) is 2.31. The van der Waals surface area contributed by atoms with Gasteiger partial charge in [0, 0.05) is 6.20 Å². The molecule has 5 nitrogen and oxygen atoms in total. The minimum atomic E-state index is -0.626. The Morgan fingerprint density at radius 1 is 1.50 bits per heavy atom. The summed E-state index contributed by atoms with van der Waals surface area (Å²) in [6.45, 7) is 4.00. The fourth-order valence-corrected chi connectivity index (χ4v) is 1.02. The number of nitrogens with zero attached hydrogens (tertiary/aromatic N) is 1. The molecule has 0 aliphatic heterocycles. The van der Waals surface area contributed by atoms with E-state index in [-0.39, 0.29) is 17.0 Å². The van der Waals surface area contributed by atoms with Crippen molar-refractivity contribution in [3.8, 4) is 0 Å². The van der Waals surface area contributed by atoms with Crippen LogP contribution in [-0.4, -0.2) is 15.0 Å². The first kappa shape index (κ1) is 10.2. The second-order valence-electron chi connectivity index (χ2n) is 2.31. The van der Waals surface area contributed by atoms with Crippen molar-refractivity contribution < 1.29 is 4.39 Å². The summed E-state index contributed by atoms with van der Waals surface area (Å²) < 4.78 is 12.8. The molecule has 2 heterocycles. The van der Waals surface area contributed by atoms with Crippen molar-refractivity contribution >= 4 is 17.0 Å². The Kier molecular flexibility index (Phi) is 2.85. The van der Waals surface area contributed by atoms with Crippen LogP contribution in [0.2, 0.25) is 0 Å². The van der Waals surface area contributed by atoms with Crippen LogP contribution in [0, 0.1) is 5.82 Å². The molecule has 2 aromatic heterocycles. The number of hydrogen-bond donors (Lipinski definition) is 3. The van der Waals surface area contributed by atoms with Gasteiger partial charge in [-0.2, -0.15) is 4.98 Å². The van der Waals surface area contributed by atoms with E-state index in [1.807, 2.05) is 13.8 Å². The Balaban J connectivity index is 0.000000461. The molecule has 0 atom stereocenters. The number of aromatic nitrogens is 3. The zero-order valence-corrected chi connectivity index (χ0v) is 7.89. The lowest BCUT2D eigenvalue weighted by Gasteiger charge is -1.90. The van der Waals surface area contributed by atoms with Crippen molar-refractivity contribution in [2.45, 2.75) is 13.8 Å². The lowest BCUT2D eigenvalue weighted by Crippen LogP contribution is -2.11. The number of halogens is 1. The van der Waals surface area contributed by atoms with Crippen LogP contribution in [0.25, 0.3) is 11.0 Å². The number of H-pyrrole nitrogens is 2. The van der Waals surface area contributed by atoms with Crippen molar-refractivity contribution in [1.29, 1.82) is 0 Å². The van der Waals surface area contributed by atoms with Crippen LogP contribution in [-0.2, 0) is 0 Å². The normalized spacial score (nSPS) is 9.64. The maximum absolute atomic E-state index is 12.8. The van der Waals surface area contributed by atoms with E-state index in [2.05, 4.69) is 15.0 Å². The fourth-order valence-electron chi connectivity index (χ4n) is 1.02. The predicted molar refractivity (Wildman–Crippen MR) is 52.4 cm³/mol. The number of fused-ring (bicyclic) bond motifs is 1. The Bertz CT molecular complexity index is 488. The van der Waals surface area contributed by atoms with Gasteiger partial charge >= 0.3 is 0 Å².